The number of hydrogen-bond donors (Lipinski definition) is 2. The fraction of sp³-hybridized carbons (Fsp3) is 0.471. The molecule has 1 fully saturated rings. The number of nitrogens with two attached hydrogens (primary N) is 1. The number of nitrogens with zero attached hydrogens (tertiary/aromatic N) is 3. The molecule has 7 nitrogen and oxygen atoms in total. The molecule has 0 aliphatic carbocycles. The Morgan fingerprint density at radius 3 is 2.76 bits per heavy atom. The van der Waals surface area contributed by atoms with Crippen molar-refractivity contribution in [1.29, 1.82) is 0 Å². The van der Waals surface area contributed by atoms with Gasteiger partial charge in [-0.25, -0.2) is 4.98 Å². The molecule has 3 heterocycles. The summed E-state index contributed by atoms with van der Waals surface area (Å²) in [6.45, 7) is 3.25. The number of fused-ring (bicyclic) bond motifs is 1. The Labute approximate surface area is 151 Å². The van der Waals surface area contributed by atoms with Gasteiger partial charge in [-0.3, -0.25) is 9.59 Å². The van der Waals surface area contributed by atoms with E-state index in [-0.39, 0.29) is 17.7 Å². The summed E-state index contributed by atoms with van der Waals surface area (Å²) in [6.07, 6.45) is 5.89. The van der Waals surface area contributed by atoms with Crippen LogP contribution in [0.1, 0.15) is 29.8 Å². The lowest BCUT2D eigenvalue weighted by molar-refractivity contribution is -0.123. The molecule has 2 amide bonds. The van der Waals surface area contributed by atoms with E-state index in [9.17, 15) is 9.59 Å². The van der Waals surface area contributed by atoms with Gasteiger partial charge in [-0.2, -0.15) is 0 Å². The largest absolute Gasteiger partial charge is 0.369 e. The number of pyridine rings is 1. The average Bonchev–Trinajstić information content (AvgIpc) is 3.02. The summed E-state index contributed by atoms with van der Waals surface area (Å²) in [4.78, 5) is 29.9. The van der Waals surface area contributed by atoms with Crippen molar-refractivity contribution in [2.75, 3.05) is 26.2 Å². The molecule has 0 saturated carbocycles. The van der Waals surface area contributed by atoms with Crippen molar-refractivity contribution < 1.29 is 9.59 Å². The number of nitrogens with one attached hydrogen (secondary N) is 1. The highest BCUT2D eigenvalue weighted by molar-refractivity contribution is 6.30. The van der Waals surface area contributed by atoms with Crippen molar-refractivity contribution in [3.8, 4) is 0 Å². The highest BCUT2D eigenvalue weighted by atomic mass is 35.5. The van der Waals surface area contributed by atoms with Crippen LogP contribution in [0.3, 0.4) is 0 Å². The Morgan fingerprint density at radius 1 is 1.28 bits per heavy atom. The Kier molecular flexibility index (Phi) is 5.55. The van der Waals surface area contributed by atoms with Crippen LogP contribution in [0.4, 0.5) is 0 Å². The first-order chi connectivity index (χ1) is 12.0. The van der Waals surface area contributed by atoms with Crippen LogP contribution in [0.2, 0.25) is 5.02 Å². The van der Waals surface area contributed by atoms with Crippen molar-refractivity contribution in [3.05, 3.63) is 35.2 Å². The lowest BCUT2D eigenvalue weighted by atomic mass is 9.96. The van der Waals surface area contributed by atoms with Crippen LogP contribution in [0.5, 0.6) is 0 Å². The molecule has 3 rings (SSSR count). The predicted octanol–water partition coefficient (Wildman–Crippen LogP) is 1.30. The van der Waals surface area contributed by atoms with E-state index in [1.807, 2.05) is 0 Å². The summed E-state index contributed by atoms with van der Waals surface area (Å²) in [6, 6.07) is 3.52. The van der Waals surface area contributed by atoms with Crippen molar-refractivity contribution in [3.63, 3.8) is 0 Å². The van der Waals surface area contributed by atoms with Crippen LogP contribution < -0.4 is 11.1 Å². The molecular weight excluding hydrogens is 342 g/mol. The number of carbonyl (C=O) groups excluding carboxylic acids is 2. The Morgan fingerprint density at radius 2 is 2.04 bits per heavy atom. The second-order valence-corrected chi connectivity index (χ2v) is 6.80. The number of halogens is 1. The predicted molar refractivity (Wildman–Crippen MR) is 95.5 cm³/mol. The van der Waals surface area contributed by atoms with Crippen LogP contribution in [0.25, 0.3) is 5.65 Å². The van der Waals surface area contributed by atoms with E-state index in [2.05, 4.69) is 15.2 Å². The van der Waals surface area contributed by atoms with E-state index in [0.29, 0.717) is 22.9 Å². The van der Waals surface area contributed by atoms with Gasteiger partial charge in [-0.05, 0) is 51.0 Å². The van der Waals surface area contributed by atoms with Gasteiger partial charge in [0.25, 0.3) is 5.91 Å². The van der Waals surface area contributed by atoms with Gasteiger partial charge >= 0.3 is 0 Å². The van der Waals surface area contributed by atoms with Gasteiger partial charge in [0, 0.05) is 24.9 Å². The van der Waals surface area contributed by atoms with E-state index in [4.69, 9.17) is 17.3 Å². The second kappa shape index (κ2) is 7.84. The van der Waals surface area contributed by atoms with Gasteiger partial charge < -0.3 is 20.4 Å². The highest BCUT2D eigenvalue weighted by Crippen LogP contribution is 2.16. The molecule has 1 aliphatic heterocycles. The third kappa shape index (κ3) is 4.49. The minimum absolute atomic E-state index is 0.0134. The summed E-state index contributed by atoms with van der Waals surface area (Å²) in [5, 5.41) is 3.49. The third-order valence-electron chi connectivity index (χ3n) is 4.57. The molecule has 8 heteroatoms. The molecule has 0 bridgehead atoms. The zero-order valence-corrected chi connectivity index (χ0v) is 14.7. The zero-order chi connectivity index (χ0) is 17.8. The summed E-state index contributed by atoms with van der Waals surface area (Å²) in [7, 11) is 0. The molecule has 3 N–H and O–H groups in total. The van der Waals surface area contributed by atoms with Gasteiger partial charge in [0.15, 0.2) is 0 Å². The summed E-state index contributed by atoms with van der Waals surface area (Å²) in [5.41, 5.74) is 6.41. The number of aromatic nitrogens is 2. The normalized spacial score (nSPS) is 16.2. The highest BCUT2D eigenvalue weighted by Gasteiger charge is 2.22. The maximum Gasteiger partial charge on any atom is 0.271 e. The summed E-state index contributed by atoms with van der Waals surface area (Å²) < 4.78 is 1.74. The van der Waals surface area contributed by atoms with Gasteiger partial charge in [0.1, 0.15) is 11.3 Å². The first-order valence-electron chi connectivity index (χ1n) is 8.47. The monoisotopic (exact) mass is 363 g/mol. The number of piperidine rings is 1. The molecule has 25 heavy (non-hydrogen) atoms. The molecule has 0 unspecified atom stereocenters. The standard InChI is InChI=1S/C17H22ClN5O2/c18-13-2-3-15-21-14(11-23(15)10-13)17(25)20-6-1-7-22-8-4-12(5-9-22)16(19)24/h2-3,10-12H,1,4-9H2,(H2,19,24)(H,20,25). The second-order valence-electron chi connectivity index (χ2n) is 6.37. The topological polar surface area (TPSA) is 92.7 Å². The number of amides is 2. The number of rotatable bonds is 6. The van der Waals surface area contributed by atoms with Crippen LogP contribution in [-0.4, -0.2) is 52.3 Å². The van der Waals surface area contributed by atoms with Crippen molar-refractivity contribution in [2.24, 2.45) is 11.7 Å². The molecule has 0 radical (unpaired) electrons. The lowest BCUT2D eigenvalue weighted by Crippen LogP contribution is -2.39. The SMILES string of the molecule is NC(=O)C1CCN(CCCNC(=O)c2cn3cc(Cl)ccc3n2)CC1. The van der Waals surface area contributed by atoms with Crippen LogP contribution in [-0.2, 0) is 4.79 Å². The number of carbonyl (C=O) groups is 2. The molecule has 2 aromatic heterocycles. The van der Waals surface area contributed by atoms with E-state index < -0.39 is 0 Å². The van der Waals surface area contributed by atoms with Crippen LogP contribution in [0, 0.1) is 5.92 Å². The smallest absolute Gasteiger partial charge is 0.271 e. The Balaban J connectivity index is 1.41. The van der Waals surface area contributed by atoms with Crippen molar-refractivity contribution >= 4 is 29.1 Å². The average molecular weight is 364 g/mol. The molecule has 0 aromatic carbocycles. The maximum absolute atomic E-state index is 12.2. The number of imidazole rings is 1. The number of hydrogen-bond acceptors (Lipinski definition) is 4. The fourth-order valence-electron chi connectivity index (χ4n) is 3.11. The maximum atomic E-state index is 12.2. The summed E-state index contributed by atoms with van der Waals surface area (Å²) >= 11 is 5.93. The Bertz CT molecular complexity index is 767. The Hall–Kier alpha value is -2.12. The van der Waals surface area contributed by atoms with Crippen molar-refractivity contribution in [1.82, 2.24) is 19.6 Å². The van der Waals surface area contributed by atoms with Crippen LogP contribution in [0.15, 0.2) is 24.5 Å². The van der Waals surface area contributed by atoms with Gasteiger partial charge in [0.05, 0.1) is 5.02 Å². The first-order valence-corrected chi connectivity index (χ1v) is 8.85. The molecule has 1 saturated heterocycles. The molecule has 0 spiro atoms. The van der Waals surface area contributed by atoms with E-state index in [1.165, 1.54) is 0 Å². The van der Waals surface area contributed by atoms with Crippen molar-refractivity contribution in [2.45, 2.75) is 19.3 Å². The fourth-order valence-corrected chi connectivity index (χ4v) is 3.28. The third-order valence-corrected chi connectivity index (χ3v) is 4.80. The molecule has 0 atom stereocenters. The molecule has 134 valence electrons. The number of likely N-dealkylation sites (tertiary alicyclic amines) is 1. The number of primary amides is 1. The molecular formula is C17H22ClN5O2. The van der Waals surface area contributed by atoms with Crippen LogP contribution >= 0.6 is 11.6 Å². The zero-order valence-electron chi connectivity index (χ0n) is 13.9. The van der Waals surface area contributed by atoms with E-state index >= 15 is 0 Å². The lowest BCUT2D eigenvalue weighted by Gasteiger charge is -2.30. The van der Waals surface area contributed by atoms with Gasteiger partial charge in [-0.15, -0.1) is 0 Å². The first kappa shape index (κ1) is 17.7. The van der Waals surface area contributed by atoms with E-state index in [1.54, 1.807) is 28.9 Å². The van der Waals surface area contributed by atoms with Gasteiger partial charge in [-0.1, -0.05) is 11.6 Å². The minimum Gasteiger partial charge on any atom is -0.369 e. The molecule has 2 aromatic rings. The summed E-state index contributed by atoms with van der Waals surface area (Å²) in [5.74, 6) is -0.368. The van der Waals surface area contributed by atoms with Gasteiger partial charge in [0.2, 0.25) is 5.91 Å². The van der Waals surface area contributed by atoms with E-state index in [0.717, 1.165) is 38.9 Å². The minimum atomic E-state index is -0.194. The quantitative estimate of drug-likeness (QED) is 0.757. The molecule has 1 aliphatic rings.